The van der Waals surface area contributed by atoms with Crippen molar-refractivity contribution < 1.29 is 4.74 Å². The molecule has 1 heterocycles. The summed E-state index contributed by atoms with van der Waals surface area (Å²) in [6.07, 6.45) is 0. The highest BCUT2D eigenvalue weighted by atomic mass is 16.5. The number of nitrogens with zero attached hydrogens (tertiary/aromatic N) is 1. The van der Waals surface area contributed by atoms with Crippen LogP contribution in [0.4, 0.5) is 0 Å². The predicted molar refractivity (Wildman–Crippen MR) is 97.1 cm³/mol. The Labute approximate surface area is 143 Å². The maximum absolute atomic E-state index is 5.36. The molecule has 1 fully saturated rings. The molecule has 3 aromatic carbocycles. The van der Waals surface area contributed by atoms with Crippen molar-refractivity contribution in [3.63, 3.8) is 0 Å². The molecule has 1 unspecified atom stereocenters. The van der Waals surface area contributed by atoms with Gasteiger partial charge in [-0.1, -0.05) is 72.8 Å². The van der Waals surface area contributed by atoms with Gasteiger partial charge in [0.05, 0.1) is 12.6 Å². The van der Waals surface area contributed by atoms with E-state index in [1.54, 1.807) is 7.11 Å². The van der Waals surface area contributed by atoms with Gasteiger partial charge in [0.1, 0.15) is 5.75 Å². The molecule has 120 valence electrons. The van der Waals surface area contributed by atoms with Gasteiger partial charge >= 0.3 is 0 Å². The summed E-state index contributed by atoms with van der Waals surface area (Å²) in [5.41, 5.74) is 3.99. The first-order chi connectivity index (χ1) is 11.8. The molecule has 2 heteroatoms. The Bertz CT molecular complexity index is 774. The predicted octanol–water partition coefficient (Wildman–Crippen LogP) is 4.45. The SMILES string of the molecule is COc1cccc(CN2CC2(c2ccccc2)c2ccccc2)c1. The normalized spacial score (nSPS) is 18.1. The Morgan fingerprint density at radius 3 is 2.04 bits per heavy atom. The molecular formula is C22H21NO. The van der Waals surface area contributed by atoms with Gasteiger partial charge in [0.2, 0.25) is 0 Å². The number of hydrogen-bond acceptors (Lipinski definition) is 2. The van der Waals surface area contributed by atoms with Crippen LogP contribution in [0.25, 0.3) is 0 Å². The molecule has 2 nitrogen and oxygen atoms in total. The van der Waals surface area contributed by atoms with Gasteiger partial charge in [-0.15, -0.1) is 0 Å². The lowest BCUT2D eigenvalue weighted by Gasteiger charge is -2.19. The second-order valence-electron chi connectivity index (χ2n) is 6.30. The third-order valence-corrected chi connectivity index (χ3v) is 4.87. The number of hydrogen-bond donors (Lipinski definition) is 0. The Kier molecular flexibility index (Phi) is 3.83. The quantitative estimate of drug-likeness (QED) is 0.645. The van der Waals surface area contributed by atoms with Gasteiger partial charge in [-0.2, -0.15) is 0 Å². The molecule has 0 radical (unpaired) electrons. The molecule has 0 bridgehead atoms. The fourth-order valence-corrected chi connectivity index (χ4v) is 3.57. The second-order valence-corrected chi connectivity index (χ2v) is 6.30. The first-order valence-electron chi connectivity index (χ1n) is 8.32. The van der Waals surface area contributed by atoms with E-state index < -0.39 is 0 Å². The summed E-state index contributed by atoms with van der Waals surface area (Å²) in [6.45, 7) is 1.96. The summed E-state index contributed by atoms with van der Waals surface area (Å²) >= 11 is 0. The zero-order valence-electron chi connectivity index (χ0n) is 13.9. The highest BCUT2D eigenvalue weighted by molar-refractivity contribution is 5.45. The molecule has 0 amide bonds. The average Bonchev–Trinajstić information content (AvgIpc) is 3.38. The number of methoxy groups -OCH3 is 1. The van der Waals surface area contributed by atoms with E-state index in [4.69, 9.17) is 4.74 Å². The monoisotopic (exact) mass is 315 g/mol. The van der Waals surface area contributed by atoms with Crippen LogP contribution in [-0.2, 0) is 12.1 Å². The molecule has 0 aromatic heterocycles. The first-order valence-corrected chi connectivity index (χ1v) is 8.32. The van der Waals surface area contributed by atoms with E-state index in [1.807, 2.05) is 6.07 Å². The highest BCUT2D eigenvalue weighted by Crippen LogP contribution is 2.49. The molecule has 0 aliphatic carbocycles. The summed E-state index contributed by atoms with van der Waals surface area (Å²) in [4.78, 5) is 2.52. The maximum atomic E-state index is 5.36. The van der Waals surface area contributed by atoms with Crippen molar-refractivity contribution in [2.45, 2.75) is 12.1 Å². The highest BCUT2D eigenvalue weighted by Gasteiger charge is 2.54. The third-order valence-electron chi connectivity index (χ3n) is 4.87. The molecule has 1 saturated heterocycles. The van der Waals surface area contributed by atoms with Crippen LogP contribution >= 0.6 is 0 Å². The fraction of sp³-hybridized carbons (Fsp3) is 0.182. The molecule has 0 N–H and O–H groups in total. The van der Waals surface area contributed by atoms with Crippen LogP contribution in [0.5, 0.6) is 5.75 Å². The summed E-state index contributed by atoms with van der Waals surface area (Å²) in [7, 11) is 1.72. The van der Waals surface area contributed by atoms with Gasteiger partial charge in [0.25, 0.3) is 0 Å². The Morgan fingerprint density at radius 2 is 1.46 bits per heavy atom. The largest absolute Gasteiger partial charge is 0.497 e. The third kappa shape index (κ3) is 2.59. The van der Waals surface area contributed by atoms with Crippen LogP contribution in [0, 0.1) is 0 Å². The zero-order valence-corrected chi connectivity index (χ0v) is 13.9. The Balaban J connectivity index is 1.67. The van der Waals surface area contributed by atoms with E-state index in [2.05, 4.69) is 83.8 Å². The van der Waals surface area contributed by atoms with Crippen LogP contribution in [0.2, 0.25) is 0 Å². The lowest BCUT2D eigenvalue weighted by molar-refractivity contribution is 0.411. The first kappa shape index (κ1) is 15.0. The van der Waals surface area contributed by atoms with Crippen molar-refractivity contribution in [3.05, 3.63) is 102 Å². The molecule has 1 aliphatic rings. The van der Waals surface area contributed by atoms with Gasteiger partial charge in [-0.3, -0.25) is 4.90 Å². The van der Waals surface area contributed by atoms with E-state index in [9.17, 15) is 0 Å². The minimum atomic E-state index is -0.00834. The molecule has 1 aliphatic heterocycles. The average molecular weight is 315 g/mol. The molecule has 0 saturated carbocycles. The zero-order chi connectivity index (χ0) is 16.4. The van der Waals surface area contributed by atoms with Crippen molar-refractivity contribution in [1.29, 1.82) is 0 Å². The minimum absolute atomic E-state index is 0.00834. The lowest BCUT2D eigenvalue weighted by atomic mass is 9.91. The van der Waals surface area contributed by atoms with E-state index >= 15 is 0 Å². The van der Waals surface area contributed by atoms with Crippen LogP contribution in [0.1, 0.15) is 16.7 Å². The van der Waals surface area contributed by atoms with E-state index in [0.29, 0.717) is 0 Å². The fourth-order valence-electron chi connectivity index (χ4n) is 3.57. The molecule has 1 atom stereocenters. The standard InChI is InChI=1S/C22H21NO/c1-24-21-14-8-9-18(15-21)16-23-17-22(23,19-10-4-2-5-11-19)20-12-6-3-7-13-20/h2-15H,16-17H2,1H3. The lowest BCUT2D eigenvalue weighted by Crippen LogP contribution is -2.18. The topological polar surface area (TPSA) is 12.2 Å². The van der Waals surface area contributed by atoms with E-state index in [1.165, 1.54) is 16.7 Å². The van der Waals surface area contributed by atoms with Crippen molar-refractivity contribution in [2.24, 2.45) is 0 Å². The van der Waals surface area contributed by atoms with E-state index in [-0.39, 0.29) is 5.54 Å². The van der Waals surface area contributed by atoms with Crippen LogP contribution in [-0.4, -0.2) is 18.6 Å². The van der Waals surface area contributed by atoms with Gasteiger partial charge < -0.3 is 4.74 Å². The van der Waals surface area contributed by atoms with Gasteiger partial charge in [0.15, 0.2) is 0 Å². The Morgan fingerprint density at radius 1 is 0.833 bits per heavy atom. The smallest absolute Gasteiger partial charge is 0.119 e. The summed E-state index contributed by atoms with van der Waals surface area (Å²) in [5.74, 6) is 0.916. The van der Waals surface area contributed by atoms with Crippen molar-refractivity contribution >= 4 is 0 Å². The number of ether oxygens (including phenoxy) is 1. The van der Waals surface area contributed by atoms with Crippen LogP contribution in [0.15, 0.2) is 84.9 Å². The summed E-state index contributed by atoms with van der Waals surface area (Å²) < 4.78 is 5.36. The Hall–Kier alpha value is -2.58. The number of rotatable bonds is 5. The van der Waals surface area contributed by atoms with Crippen LogP contribution < -0.4 is 4.74 Å². The second kappa shape index (κ2) is 6.14. The molecule has 3 aromatic rings. The van der Waals surface area contributed by atoms with E-state index in [0.717, 1.165) is 18.8 Å². The molecule has 4 rings (SSSR count). The maximum Gasteiger partial charge on any atom is 0.119 e. The molecular weight excluding hydrogens is 294 g/mol. The van der Waals surface area contributed by atoms with Crippen molar-refractivity contribution in [2.75, 3.05) is 13.7 Å². The molecule has 24 heavy (non-hydrogen) atoms. The van der Waals surface area contributed by atoms with Crippen LogP contribution in [0.3, 0.4) is 0 Å². The van der Waals surface area contributed by atoms with Gasteiger partial charge in [-0.25, -0.2) is 0 Å². The van der Waals surface area contributed by atoms with Gasteiger partial charge in [0, 0.05) is 13.1 Å². The summed E-state index contributed by atoms with van der Waals surface area (Å²) in [6, 6.07) is 30.0. The molecule has 0 spiro atoms. The van der Waals surface area contributed by atoms with Crippen molar-refractivity contribution in [3.8, 4) is 5.75 Å². The minimum Gasteiger partial charge on any atom is -0.497 e. The van der Waals surface area contributed by atoms with Crippen molar-refractivity contribution in [1.82, 2.24) is 4.90 Å². The summed E-state index contributed by atoms with van der Waals surface area (Å²) in [5, 5.41) is 0. The number of benzene rings is 3. The van der Waals surface area contributed by atoms with Gasteiger partial charge in [-0.05, 0) is 28.8 Å².